The summed E-state index contributed by atoms with van der Waals surface area (Å²) in [5, 5.41) is 14.2. The molecule has 5 nitrogen and oxygen atoms in total. The minimum atomic E-state index is -0.287. The van der Waals surface area contributed by atoms with E-state index >= 15 is 0 Å². The van der Waals surface area contributed by atoms with Gasteiger partial charge < -0.3 is 10.6 Å². The van der Waals surface area contributed by atoms with Gasteiger partial charge in [0.25, 0.3) is 5.91 Å². The maximum atomic E-state index is 12.4. The number of hydrogen-bond donors (Lipinski definition) is 2. The van der Waals surface area contributed by atoms with E-state index in [1.807, 2.05) is 18.2 Å². The van der Waals surface area contributed by atoms with Gasteiger partial charge in [-0.1, -0.05) is 31.4 Å². The first-order valence-corrected chi connectivity index (χ1v) is 9.10. The number of hydrogen-bond acceptors (Lipinski definition) is 3. The number of benzene rings is 1. The van der Waals surface area contributed by atoms with Crippen molar-refractivity contribution in [3.8, 4) is 6.07 Å². The number of nitriles is 1. The molecule has 2 amide bonds. The molecule has 1 saturated carbocycles. The predicted octanol–water partition coefficient (Wildman–Crippen LogP) is 3.02. The predicted molar refractivity (Wildman–Crippen MR) is 95.2 cm³/mol. The maximum absolute atomic E-state index is 12.4. The van der Waals surface area contributed by atoms with E-state index in [1.54, 1.807) is 12.1 Å². The molecule has 1 fully saturated rings. The average molecular weight is 392 g/mol. The molecule has 1 aromatic rings. The summed E-state index contributed by atoms with van der Waals surface area (Å²) in [6, 6.07) is 9.13. The quantitative estimate of drug-likeness (QED) is 0.731. The summed E-state index contributed by atoms with van der Waals surface area (Å²) in [5.41, 5.74) is 0.553. The van der Waals surface area contributed by atoms with Gasteiger partial charge >= 0.3 is 0 Å². The number of carbonyl (C=O) groups is 2. The minimum absolute atomic E-state index is 0.000231. The number of carbonyl (C=O) groups excluding carboxylic acids is 2. The number of nitrogens with zero attached hydrogens (tertiary/aromatic N) is 1. The summed E-state index contributed by atoms with van der Waals surface area (Å²) >= 11 is 3.37. The van der Waals surface area contributed by atoms with Gasteiger partial charge in [-0.25, -0.2) is 0 Å². The zero-order valence-corrected chi connectivity index (χ0v) is 15.1. The van der Waals surface area contributed by atoms with Gasteiger partial charge in [0, 0.05) is 11.0 Å². The Kier molecular flexibility index (Phi) is 7.26. The molecule has 0 radical (unpaired) electrons. The van der Waals surface area contributed by atoms with Gasteiger partial charge in [0.15, 0.2) is 0 Å². The highest BCUT2D eigenvalue weighted by Gasteiger charge is 2.29. The molecule has 0 bridgehead atoms. The molecule has 1 unspecified atom stereocenters. The van der Waals surface area contributed by atoms with Crippen LogP contribution in [0.2, 0.25) is 0 Å². The second-order valence-corrected chi connectivity index (χ2v) is 6.92. The summed E-state index contributed by atoms with van der Waals surface area (Å²) in [5.74, 6) is -0.366. The monoisotopic (exact) mass is 391 g/mol. The number of nitrogens with one attached hydrogen (secondary N) is 2. The van der Waals surface area contributed by atoms with E-state index in [9.17, 15) is 9.59 Å². The molecule has 1 aliphatic carbocycles. The van der Waals surface area contributed by atoms with Crippen molar-refractivity contribution in [3.63, 3.8) is 0 Å². The van der Waals surface area contributed by atoms with Crippen molar-refractivity contribution in [3.05, 3.63) is 34.3 Å². The lowest BCUT2D eigenvalue weighted by atomic mass is 9.79. The van der Waals surface area contributed by atoms with Crippen molar-refractivity contribution in [2.24, 2.45) is 11.8 Å². The normalized spacial score (nSPS) is 16.0. The van der Waals surface area contributed by atoms with Crippen LogP contribution in [-0.2, 0) is 4.79 Å². The third-order valence-electron chi connectivity index (χ3n) is 4.50. The first-order valence-electron chi connectivity index (χ1n) is 8.31. The molecule has 0 aliphatic heterocycles. The Morgan fingerprint density at radius 3 is 2.58 bits per heavy atom. The zero-order chi connectivity index (χ0) is 17.4. The van der Waals surface area contributed by atoms with Gasteiger partial charge in [-0.2, -0.15) is 5.26 Å². The Bertz CT molecular complexity index is 621. The Hall–Kier alpha value is -1.87. The largest absolute Gasteiger partial charge is 0.351 e. The molecular weight excluding hydrogens is 370 g/mol. The van der Waals surface area contributed by atoms with Crippen LogP contribution in [0, 0.1) is 23.2 Å². The molecular formula is C18H22BrN3O2. The molecule has 6 heteroatoms. The summed E-state index contributed by atoms with van der Waals surface area (Å²) in [4.78, 5) is 24.8. The highest BCUT2D eigenvalue weighted by molar-refractivity contribution is 9.10. The molecule has 1 atom stereocenters. The Morgan fingerprint density at radius 2 is 1.92 bits per heavy atom. The average Bonchev–Trinajstić information content (AvgIpc) is 2.61. The molecule has 1 aliphatic rings. The van der Waals surface area contributed by atoms with E-state index < -0.39 is 0 Å². The highest BCUT2D eigenvalue weighted by atomic mass is 79.9. The highest BCUT2D eigenvalue weighted by Crippen LogP contribution is 2.30. The SMILES string of the molecule is N#CCNC(=O)C(CNC(=O)c1ccccc1Br)C1CCCCC1. The minimum Gasteiger partial charge on any atom is -0.351 e. The molecule has 1 aromatic carbocycles. The fourth-order valence-electron chi connectivity index (χ4n) is 3.21. The Balaban J connectivity index is 2.01. The van der Waals surface area contributed by atoms with E-state index in [0.717, 1.165) is 30.2 Å². The van der Waals surface area contributed by atoms with E-state index in [-0.39, 0.29) is 30.2 Å². The van der Waals surface area contributed by atoms with Crippen LogP contribution in [0.1, 0.15) is 42.5 Å². The van der Waals surface area contributed by atoms with Crippen molar-refractivity contribution >= 4 is 27.7 Å². The lowest BCUT2D eigenvalue weighted by Crippen LogP contribution is -2.43. The number of amides is 2. The fraction of sp³-hybridized carbons (Fsp3) is 0.500. The van der Waals surface area contributed by atoms with Crippen LogP contribution >= 0.6 is 15.9 Å². The van der Waals surface area contributed by atoms with Crippen LogP contribution in [0.3, 0.4) is 0 Å². The standard InChI is InChI=1S/C18H22BrN3O2/c19-16-9-5-4-8-14(16)17(23)22-12-15(18(24)21-11-10-20)13-6-2-1-3-7-13/h4-5,8-9,13,15H,1-3,6-7,11-12H2,(H,21,24)(H,22,23). The van der Waals surface area contributed by atoms with E-state index in [4.69, 9.17) is 5.26 Å². The van der Waals surface area contributed by atoms with Gasteiger partial charge in [0.1, 0.15) is 6.54 Å². The zero-order valence-electron chi connectivity index (χ0n) is 13.6. The van der Waals surface area contributed by atoms with Gasteiger partial charge in [-0.15, -0.1) is 0 Å². The molecule has 2 rings (SSSR count). The van der Waals surface area contributed by atoms with Crippen LogP contribution in [-0.4, -0.2) is 24.9 Å². The molecule has 2 N–H and O–H groups in total. The van der Waals surface area contributed by atoms with Crippen molar-refractivity contribution in [1.82, 2.24) is 10.6 Å². The van der Waals surface area contributed by atoms with Crippen molar-refractivity contribution in [2.75, 3.05) is 13.1 Å². The number of rotatable bonds is 6. The Labute approximate surface area is 150 Å². The van der Waals surface area contributed by atoms with Crippen molar-refractivity contribution in [1.29, 1.82) is 5.26 Å². The second-order valence-electron chi connectivity index (χ2n) is 6.07. The molecule has 0 heterocycles. The molecule has 0 saturated heterocycles. The summed E-state index contributed by atoms with van der Waals surface area (Å²) < 4.78 is 0.727. The van der Waals surface area contributed by atoms with Crippen molar-refractivity contribution in [2.45, 2.75) is 32.1 Å². The fourth-order valence-corrected chi connectivity index (χ4v) is 3.68. The summed E-state index contributed by atoms with van der Waals surface area (Å²) in [6.07, 6.45) is 5.42. The molecule has 0 spiro atoms. The van der Waals surface area contributed by atoms with Crippen LogP contribution in [0.4, 0.5) is 0 Å². The second kappa shape index (κ2) is 9.43. The van der Waals surface area contributed by atoms with Crippen LogP contribution in [0.15, 0.2) is 28.7 Å². The van der Waals surface area contributed by atoms with E-state index in [0.29, 0.717) is 12.1 Å². The lowest BCUT2D eigenvalue weighted by molar-refractivity contribution is -0.126. The van der Waals surface area contributed by atoms with Crippen molar-refractivity contribution < 1.29 is 9.59 Å². The smallest absolute Gasteiger partial charge is 0.252 e. The lowest BCUT2D eigenvalue weighted by Gasteiger charge is -2.29. The number of halogens is 1. The molecule has 0 aromatic heterocycles. The summed E-state index contributed by atoms with van der Waals surface area (Å²) in [7, 11) is 0. The van der Waals surface area contributed by atoms with E-state index in [2.05, 4.69) is 26.6 Å². The van der Waals surface area contributed by atoms with Gasteiger partial charge in [-0.05, 0) is 46.8 Å². The third-order valence-corrected chi connectivity index (χ3v) is 5.19. The topological polar surface area (TPSA) is 82.0 Å². The first-order chi connectivity index (χ1) is 11.6. The summed E-state index contributed by atoms with van der Waals surface area (Å²) in [6.45, 7) is 0.294. The van der Waals surface area contributed by atoms with Crippen LogP contribution < -0.4 is 10.6 Å². The molecule has 128 valence electrons. The van der Waals surface area contributed by atoms with E-state index in [1.165, 1.54) is 6.42 Å². The molecule has 24 heavy (non-hydrogen) atoms. The third kappa shape index (κ3) is 5.07. The Morgan fingerprint density at radius 1 is 1.21 bits per heavy atom. The maximum Gasteiger partial charge on any atom is 0.252 e. The van der Waals surface area contributed by atoms with Gasteiger partial charge in [0.2, 0.25) is 5.91 Å². The first kappa shape index (κ1) is 18.5. The van der Waals surface area contributed by atoms with Crippen LogP contribution in [0.25, 0.3) is 0 Å². The van der Waals surface area contributed by atoms with Gasteiger partial charge in [0.05, 0.1) is 17.6 Å². The van der Waals surface area contributed by atoms with Gasteiger partial charge in [-0.3, -0.25) is 9.59 Å². The van der Waals surface area contributed by atoms with Crippen LogP contribution in [0.5, 0.6) is 0 Å².